The molecule has 21 heavy (non-hydrogen) atoms. The number of allylic oxidation sites excluding steroid dienone is 1. The molecule has 0 aliphatic rings. The van der Waals surface area contributed by atoms with Crippen molar-refractivity contribution in [3.05, 3.63) is 71.1 Å². The van der Waals surface area contributed by atoms with Gasteiger partial charge in [0.05, 0.1) is 6.42 Å². The summed E-state index contributed by atoms with van der Waals surface area (Å²) in [6.45, 7) is 2.11. The molecule has 0 aliphatic heterocycles. The van der Waals surface area contributed by atoms with Crippen LogP contribution >= 0.6 is 0 Å². The molecule has 1 aromatic carbocycles. The highest BCUT2D eigenvalue weighted by Crippen LogP contribution is 2.13. The number of aliphatic carboxylic acids is 1. The van der Waals surface area contributed by atoms with Gasteiger partial charge in [-0.05, 0) is 42.5 Å². The Labute approximate surface area is 125 Å². The Morgan fingerprint density at radius 3 is 2.57 bits per heavy atom. The quantitative estimate of drug-likeness (QED) is 0.877. The van der Waals surface area contributed by atoms with E-state index in [1.54, 1.807) is 6.20 Å². The molecule has 1 aromatic heterocycles. The number of aromatic nitrogens is 1. The van der Waals surface area contributed by atoms with Gasteiger partial charge in [-0.2, -0.15) is 0 Å². The zero-order chi connectivity index (χ0) is 15.1. The first-order valence-electron chi connectivity index (χ1n) is 7.00. The van der Waals surface area contributed by atoms with Gasteiger partial charge in [0, 0.05) is 12.4 Å². The normalized spacial score (nSPS) is 11.4. The first-order chi connectivity index (χ1) is 10.1. The van der Waals surface area contributed by atoms with Crippen molar-refractivity contribution in [2.24, 2.45) is 0 Å². The summed E-state index contributed by atoms with van der Waals surface area (Å²) < 4.78 is 0. The van der Waals surface area contributed by atoms with Crippen LogP contribution in [-0.2, 0) is 17.6 Å². The minimum Gasteiger partial charge on any atom is -0.481 e. The molecule has 0 aliphatic carbocycles. The summed E-state index contributed by atoms with van der Waals surface area (Å²) >= 11 is 0. The Bertz CT molecular complexity index is 615. The summed E-state index contributed by atoms with van der Waals surface area (Å²) in [5, 5.41) is 8.74. The van der Waals surface area contributed by atoms with E-state index in [1.807, 2.05) is 36.5 Å². The van der Waals surface area contributed by atoms with Crippen LogP contribution in [0.2, 0.25) is 0 Å². The van der Waals surface area contributed by atoms with Gasteiger partial charge in [-0.15, -0.1) is 0 Å². The number of hydrogen-bond acceptors (Lipinski definition) is 2. The number of carboxylic acids is 1. The topological polar surface area (TPSA) is 50.2 Å². The Kier molecular flexibility index (Phi) is 5.27. The van der Waals surface area contributed by atoms with Gasteiger partial charge in [0.1, 0.15) is 0 Å². The van der Waals surface area contributed by atoms with Gasteiger partial charge in [-0.25, -0.2) is 0 Å². The molecule has 2 aromatic rings. The third-order valence-corrected chi connectivity index (χ3v) is 3.28. The lowest BCUT2D eigenvalue weighted by Crippen LogP contribution is -1.99. The fourth-order valence-electron chi connectivity index (χ4n) is 2.15. The number of carboxylic acid groups (broad SMARTS) is 1. The van der Waals surface area contributed by atoms with Crippen molar-refractivity contribution < 1.29 is 9.90 Å². The van der Waals surface area contributed by atoms with E-state index in [4.69, 9.17) is 5.11 Å². The molecule has 0 spiro atoms. The third kappa shape index (κ3) is 5.22. The molecule has 108 valence electrons. The predicted octanol–water partition coefficient (Wildman–Crippen LogP) is 3.74. The van der Waals surface area contributed by atoms with Gasteiger partial charge >= 0.3 is 5.97 Å². The third-order valence-electron chi connectivity index (χ3n) is 3.28. The summed E-state index contributed by atoms with van der Waals surface area (Å²) in [7, 11) is 0. The average molecular weight is 281 g/mol. The number of carbonyl (C=O) groups is 1. The maximum absolute atomic E-state index is 10.6. The van der Waals surface area contributed by atoms with Gasteiger partial charge in [0.15, 0.2) is 0 Å². The number of hydrogen-bond donors (Lipinski definition) is 1. The summed E-state index contributed by atoms with van der Waals surface area (Å²) in [6, 6.07) is 11.7. The molecule has 3 heteroatoms. The summed E-state index contributed by atoms with van der Waals surface area (Å²) in [5.74, 6) is -0.800. The molecule has 0 bridgehead atoms. The lowest BCUT2D eigenvalue weighted by atomic mass is 10.0. The Morgan fingerprint density at radius 1 is 1.19 bits per heavy atom. The number of pyridine rings is 1. The summed E-state index contributed by atoms with van der Waals surface area (Å²) in [5.41, 5.74) is 4.47. The summed E-state index contributed by atoms with van der Waals surface area (Å²) in [4.78, 5) is 14.7. The van der Waals surface area contributed by atoms with Crippen LogP contribution in [0.4, 0.5) is 0 Å². The van der Waals surface area contributed by atoms with Crippen LogP contribution in [0, 0.1) is 0 Å². The molecule has 0 radical (unpaired) electrons. The molecule has 1 heterocycles. The largest absolute Gasteiger partial charge is 0.481 e. The Hall–Kier alpha value is -2.42. The van der Waals surface area contributed by atoms with Gasteiger partial charge < -0.3 is 5.11 Å². The first-order valence-corrected chi connectivity index (χ1v) is 7.00. The molecule has 1 N–H and O–H groups in total. The van der Waals surface area contributed by atoms with E-state index in [-0.39, 0.29) is 6.42 Å². The molecule has 0 saturated heterocycles. The second kappa shape index (κ2) is 7.39. The van der Waals surface area contributed by atoms with E-state index < -0.39 is 5.97 Å². The maximum Gasteiger partial charge on any atom is 0.307 e. The van der Waals surface area contributed by atoms with Crippen LogP contribution in [-0.4, -0.2) is 16.1 Å². The monoisotopic (exact) mass is 281 g/mol. The lowest BCUT2D eigenvalue weighted by Gasteiger charge is -2.03. The van der Waals surface area contributed by atoms with Gasteiger partial charge in [-0.1, -0.05) is 42.0 Å². The second-order valence-corrected chi connectivity index (χ2v) is 5.16. The minimum atomic E-state index is -0.800. The highest BCUT2D eigenvalue weighted by Gasteiger charge is 2.00. The smallest absolute Gasteiger partial charge is 0.307 e. The van der Waals surface area contributed by atoms with E-state index in [9.17, 15) is 4.79 Å². The molecular formula is C18H19NO2. The highest BCUT2D eigenvalue weighted by atomic mass is 16.4. The first kappa shape index (κ1) is 15.0. The fourth-order valence-corrected chi connectivity index (χ4v) is 2.15. The fraction of sp³-hybridized carbons (Fsp3) is 0.222. The van der Waals surface area contributed by atoms with Crippen LogP contribution in [0.25, 0.3) is 6.08 Å². The molecule has 3 nitrogen and oxygen atoms in total. The maximum atomic E-state index is 10.6. The predicted molar refractivity (Wildman–Crippen MR) is 84.0 cm³/mol. The zero-order valence-electron chi connectivity index (χ0n) is 12.1. The van der Waals surface area contributed by atoms with Crippen molar-refractivity contribution in [3.63, 3.8) is 0 Å². The summed E-state index contributed by atoms with van der Waals surface area (Å²) in [6.07, 6.45) is 7.86. The SMILES string of the molecule is CC(=Cc1ccc(CC(=O)O)cc1)CCc1cccnc1. The molecule has 0 saturated carbocycles. The highest BCUT2D eigenvalue weighted by molar-refractivity contribution is 5.70. The van der Waals surface area contributed by atoms with Crippen LogP contribution in [0.5, 0.6) is 0 Å². The molecule has 0 fully saturated rings. The Morgan fingerprint density at radius 2 is 1.95 bits per heavy atom. The van der Waals surface area contributed by atoms with Crippen molar-refractivity contribution in [2.75, 3.05) is 0 Å². The average Bonchev–Trinajstić information content (AvgIpc) is 2.48. The van der Waals surface area contributed by atoms with E-state index in [2.05, 4.69) is 24.1 Å². The van der Waals surface area contributed by atoms with E-state index >= 15 is 0 Å². The molecule has 0 unspecified atom stereocenters. The van der Waals surface area contributed by atoms with E-state index in [0.29, 0.717) is 0 Å². The van der Waals surface area contributed by atoms with Crippen molar-refractivity contribution in [2.45, 2.75) is 26.2 Å². The van der Waals surface area contributed by atoms with Crippen molar-refractivity contribution >= 4 is 12.0 Å². The van der Waals surface area contributed by atoms with Crippen molar-refractivity contribution in [3.8, 4) is 0 Å². The van der Waals surface area contributed by atoms with E-state index in [0.717, 1.165) is 24.0 Å². The molecular weight excluding hydrogens is 262 g/mol. The molecule has 2 rings (SSSR count). The number of aryl methyl sites for hydroxylation is 1. The minimum absolute atomic E-state index is 0.0734. The van der Waals surface area contributed by atoms with Crippen LogP contribution in [0.1, 0.15) is 30.0 Å². The van der Waals surface area contributed by atoms with Crippen LogP contribution < -0.4 is 0 Å². The van der Waals surface area contributed by atoms with Crippen LogP contribution in [0.15, 0.2) is 54.4 Å². The van der Waals surface area contributed by atoms with Gasteiger partial charge in [0.2, 0.25) is 0 Å². The molecule has 0 amide bonds. The van der Waals surface area contributed by atoms with Crippen molar-refractivity contribution in [1.82, 2.24) is 4.98 Å². The van der Waals surface area contributed by atoms with E-state index in [1.165, 1.54) is 11.1 Å². The van der Waals surface area contributed by atoms with Crippen LogP contribution in [0.3, 0.4) is 0 Å². The lowest BCUT2D eigenvalue weighted by molar-refractivity contribution is -0.136. The zero-order valence-corrected chi connectivity index (χ0v) is 12.1. The molecule has 0 atom stereocenters. The number of rotatable bonds is 6. The number of nitrogens with zero attached hydrogens (tertiary/aromatic N) is 1. The standard InChI is InChI=1S/C18H19NO2/c1-14(4-5-17-3-2-10-19-13-17)11-15-6-8-16(9-7-15)12-18(20)21/h2-3,6-11,13H,4-5,12H2,1H3,(H,20,21). The Balaban J connectivity index is 1.94. The van der Waals surface area contributed by atoms with Crippen molar-refractivity contribution in [1.29, 1.82) is 0 Å². The number of benzene rings is 1. The van der Waals surface area contributed by atoms with Gasteiger partial charge in [-0.3, -0.25) is 9.78 Å². The van der Waals surface area contributed by atoms with Gasteiger partial charge in [0.25, 0.3) is 0 Å². The second-order valence-electron chi connectivity index (χ2n) is 5.16.